The molecule has 2 heterocycles. The lowest BCUT2D eigenvalue weighted by atomic mass is 10.1. The number of amides is 2. The molecular weight excluding hydrogens is 536 g/mol. The smallest absolute Gasteiger partial charge is 0.325 e. The molecule has 1 aliphatic heterocycles. The van der Waals surface area contributed by atoms with Crippen molar-refractivity contribution in [3.63, 3.8) is 0 Å². The Hall–Kier alpha value is -4.51. The van der Waals surface area contributed by atoms with E-state index in [1.807, 2.05) is 29.2 Å². The number of rotatable bonds is 10. The molecule has 11 nitrogen and oxygen atoms in total. The summed E-state index contributed by atoms with van der Waals surface area (Å²) in [7, 11) is 0. The number of carbonyl (C=O) groups is 3. The number of hydrogen-bond donors (Lipinski definition) is 2. The molecule has 1 aromatic heterocycles. The number of hydrogen-bond acceptors (Lipinski definition) is 9. The Morgan fingerprint density at radius 1 is 0.881 bits per heavy atom. The molecule has 1 saturated heterocycles. The van der Waals surface area contributed by atoms with Crippen LogP contribution in [0.1, 0.15) is 38.1 Å². The van der Waals surface area contributed by atoms with Gasteiger partial charge in [0.05, 0.1) is 0 Å². The first kappa shape index (κ1) is 30.4. The number of esters is 1. The topological polar surface area (TPSA) is 126 Å². The molecule has 4 rings (SSSR count). The standard InChI is InChI=1S/C31H38N6O5/c1-22(38)37-15-13-36(14-16-37)17-18-41-27-11-9-26(10-12-27)35-30-33-19-25(20-34-30)23-5-7-24(8-6-23)29(40)32-21-28(39)42-31(2,3)4/h5-12,19-20H,13-18,21H2,1-4H3,(H,32,40)(H,33,34,35). The van der Waals surface area contributed by atoms with Crippen molar-refractivity contribution in [3.05, 3.63) is 66.5 Å². The first-order chi connectivity index (χ1) is 20.1. The average Bonchev–Trinajstić information content (AvgIpc) is 2.97. The Kier molecular flexibility index (Phi) is 10.1. The molecule has 0 spiro atoms. The molecule has 2 aromatic carbocycles. The van der Waals surface area contributed by atoms with Gasteiger partial charge in [0, 0.05) is 68.9 Å². The Morgan fingerprint density at radius 2 is 1.52 bits per heavy atom. The van der Waals surface area contributed by atoms with Gasteiger partial charge in [0.15, 0.2) is 0 Å². The minimum absolute atomic E-state index is 0.133. The average molecular weight is 575 g/mol. The van der Waals surface area contributed by atoms with Gasteiger partial charge < -0.3 is 25.0 Å². The fraction of sp³-hybridized carbons (Fsp3) is 0.387. The monoisotopic (exact) mass is 574 g/mol. The van der Waals surface area contributed by atoms with E-state index in [9.17, 15) is 14.4 Å². The molecule has 1 fully saturated rings. The second-order valence-corrected chi connectivity index (χ2v) is 11.0. The van der Waals surface area contributed by atoms with Gasteiger partial charge in [-0.25, -0.2) is 9.97 Å². The van der Waals surface area contributed by atoms with Crippen LogP contribution in [0.15, 0.2) is 60.9 Å². The van der Waals surface area contributed by atoms with Crippen molar-refractivity contribution < 1.29 is 23.9 Å². The number of piperazine rings is 1. The molecule has 222 valence electrons. The number of nitrogens with one attached hydrogen (secondary N) is 2. The van der Waals surface area contributed by atoms with Gasteiger partial charge >= 0.3 is 5.97 Å². The van der Waals surface area contributed by atoms with Crippen molar-refractivity contribution in [2.75, 3.05) is 51.2 Å². The van der Waals surface area contributed by atoms with Gasteiger partial charge in [0.25, 0.3) is 5.91 Å². The lowest BCUT2D eigenvalue weighted by molar-refractivity contribution is -0.153. The van der Waals surface area contributed by atoms with Crippen LogP contribution in [0.25, 0.3) is 11.1 Å². The molecule has 0 radical (unpaired) electrons. The van der Waals surface area contributed by atoms with Gasteiger partial charge in [-0.1, -0.05) is 12.1 Å². The highest BCUT2D eigenvalue weighted by molar-refractivity contribution is 5.96. The van der Waals surface area contributed by atoms with Crippen LogP contribution in [0, 0.1) is 0 Å². The Balaban J connectivity index is 1.21. The highest BCUT2D eigenvalue weighted by Gasteiger charge is 2.19. The van der Waals surface area contributed by atoms with E-state index in [-0.39, 0.29) is 18.4 Å². The minimum Gasteiger partial charge on any atom is -0.492 e. The Bertz CT molecular complexity index is 1350. The maximum Gasteiger partial charge on any atom is 0.325 e. The maximum atomic E-state index is 12.4. The van der Waals surface area contributed by atoms with E-state index >= 15 is 0 Å². The predicted octanol–water partition coefficient (Wildman–Crippen LogP) is 3.50. The SMILES string of the molecule is CC(=O)N1CCN(CCOc2ccc(Nc3ncc(-c4ccc(C(=O)NCC(=O)OC(C)(C)C)cc4)cn3)cc2)CC1. The molecule has 11 heteroatoms. The van der Waals surface area contributed by atoms with Gasteiger partial charge in [-0.2, -0.15) is 0 Å². The van der Waals surface area contributed by atoms with E-state index in [2.05, 4.69) is 25.5 Å². The molecule has 0 atom stereocenters. The quantitative estimate of drug-likeness (QED) is 0.350. The Labute approximate surface area is 246 Å². The molecule has 0 bridgehead atoms. The number of ether oxygens (including phenoxy) is 2. The third-order valence-electron chi connectivity index (χ3n) is 6.55. The van der Waals surface area contributed by atoms with Gasteiger partial charge in [0.2, 0.25) is 11.9 Å². The van der Waals surface area contributed by atoms with Crippen molar-refractivity contribution in [1.82, 2.24) is 25.1 Å². The van der Waals surface area contributed by atoms with Gasteiger partial charge in [-0.3, -0.25) is 19.3 Å². The second-order valence-electron chi connectivity index (χ2n) is 11.0. The number of anilines is 2. The third kappa shape index (κ3) is 9.27. The molecule has 0 aliphatic carbocycles. The van der Waals surface area contributed by atoms with Gasteiger partial charge in [-0.15, -0.1) is 0 Å². The largest absolute Gasteiger partial charge is 0.492 e. The van der Waals surface area contributed by atoms with E-state index in [1.165, 1.54) is 0 Å². The summed E-state index contributed by atoms with van der Waals surface area (Å²) in [5, 5.41) is 5.76. The van der Waals surface area contributed by atoms with E-state index in [0.717, 1.165) is 55.3 Å². The van der Waals surface area contributed by atoms with E-state index in [1.54, 1.807) is 64.4 Å². The van der Waals surface area contributed by atoms with Gasteiger partial charge in [-0.05, 0) is 62.7 Å². The zero-order valence-corrected chi connectivity index (χ0v) is 24.6. The molecule has 3 aromatic rings. The molecule has 1 aliphatic rings. The summed E-state index contributed by atoms with van der Waals surface area (Å²) >= 11 is 0. The molecule has 0 saturated carbocycles. The molecule has 2 amide bonds. The zero-order valence-electron chi connectivity index (χ0n) is 24.6. The summed E-state index contributed by atoms with van der Waals surface area (Å²) in [6, 6.07) is 14.6. The Morgan fingerprint density at radius 3 is 2.12 bits per heavy atom. The lowest BCUT2D eigenvalue weighted by Gasteiger charge is -2.34. The summed E-state index contributed by atoms with van der Waals surface area (Å²) in [5.41, 5.74) is 2.31. The normalized spacial score (nSPS) is 13.8. The van der Waals surface area contributed by atoms with Crippen LogP contribution < -0.4 is 15.4 Å². The van der Waals surface area contributed by atoms with Crippen molar-refractivity contribution in [1.29, 1.82) is 0 Å². The summed E-state index contributed by atoms with van der Waals surface area (Å²) < 4.78 is 11.1. The van der Waals surface area contributed by atoms with Crippen LogP contribution in [0.5, 0.6) is 5.75 Å². The van der Waals surface area contributed by atoms with Crippen LogP contribution in [0.4, 0.5) is 11.6 Å². The number of aromatic nitrogens is 2. The first-order valence-corrected chi connectivity index (χ1v) is 14.0. The number of benzene rings is 2. The third-order valence-corrected chi connectivity index (χ3v) is 6.55. The number of nitrogens with zero attached hydrogens (tertiary/aromatic N) is 4. The molecular formula is C31H38N6O5. The van der Waals surface area contributed by atoms with E-state index in [4.69, 9.17) is 9.47 Å². The van der Waals surface area contributed by atoms with Crippen molar-refractivity contribution >= 4 is 29.4 Å². The van der Waals surface area contributed by atoms with Crippen molar-refractivity contribution in [2.24, 2.45) is 0 Å². The lowest BCUT2D eigenvalue weighted by Crippen LogP contribution is -2.48. The summed E-state index contributed by atoms with van der Waals surface area (Å²) in [6.45, 7) is 11.4. The molecule has 2 N–H and O–H groups in total. The fourth-order valence-corrected chi connectivity index (χ4v) is 4.33. The van der Waals surface area contributed by atoms with Crippen LogP contribution in [0.2, 0.25) is 0 Å². The highest BCUT2D eigenvalue weighted by atomic mass is 16.6. The van der Waals surface area contributed by atoms with E-state index < -0.39 is 11.6 Å². The van der Waals surface area contributed by atoms with Crippen LogP contribution >= 0.6 is 0 Å². The minimum atomic E-state index is -0.604. The summed E-state index contributed by atoms with van der Waals surface area (Å²) in [5.74, 6) is 0.518. The summed E-state index contributed by atoms with van der Waals surface area (Å²) in [6.07, 6.45) is 3.42. The van der Waals surface area contributed by atoms with Crippen molar-refractivity contribution in [3.8, 4) is 16.9 Å². The van der Waals surface area contributed by atoms with Crippen LogP contribution in [-0.2, 0) is 14.3 Å². The first-order valence-electron chi connectivity index (χ1n) is 14.0. The highest BCUT2D eigenvalue weighted by Crippen LogP contribution is 2.21. The summed E-state index contributed by atoms with van der Waals surface area (Å²) in [4.78, 5) is 48.7. The fourth-order valence-electron chi connectivity index (χ4n) is 4.33. The van der Waals surface area contributed by atoms with Crippen LogP contribution in [-0.4, -0.2) is 89.0 Å². The second kappa shape index (κ2) is 13.9. The maximum absolute atomic E-state index is 12.4. The zero-order chi connectivity index (χ0) is 30.1. The molecule has 42 heavy (non-hydrogen) atoms. The predicted molar refractivity (Wildman–Crippen MR) is 160 cm³/mol. The number of carbonyl (C=O) groups excluding carboxylic acids is 3. The molecule has 0 unspecified atom stereocenters. The van der Waals surface area contributed by atoms with Crippen molar-refractivity contribution in [2.45, 2.75) is 33.3 Å². The van der Waals surface area contributed by atoms with Gasteiger partial charge in [0.1, 0.15) is 24.5 Å². The van der Waals surface area contributed by atoms with E-state index in [0.29, 0.717) is 18.1 Å². The van der Waals surface area contributed by atoms with Crippen LogP contribution in [0.3, 0.4) is 0 Å².